The number of aryl methyl sites for hydroxylation is 1. The molecule has 1 rings (SSSR count). The second-order valence-electron chi connectivity index (χ2n) is 5.01. The van der Waals surface area contributed by atoms with Gasteiger partial charge in [0.15, 0.2) is 0 Å². The fraction of sp³-hybridized carbons (Fsp3) is 0.571. The van der Waals surface area contributed by atoms with Gasteiger partial charge in [0.2, 0.25) is 5.91 Å². The summed E-state index contributed by atoms with van der Waals surface area (Å²) in [6.45, 7) is 9.26. The second-order valence-corrected chi connectivity index (χ2v) is 5.01. The van der Waals surface area contributed by atoms with Crippen molar-refractivity contribution in [1.29, 1.82) is 0 Å². The van der Waals surface area contributed by atoms with Gasteiger partial charge in [-0.25, -0.2) is 0 Å². The van der Waals surface area contributed by atoms with E-state index >= 15 is 0 Å². The standard InChI is InChI=1S/C14H23N3O/c1-10(2)12(4)17-14(18)9-16-8-13-7-15-6-5-11(13)3/h5-7,10,12,16H,8-9H2,1-4H3,(H,17,18). The molecule has 0 fully saturated rings. The summed E-state index contributed by atoms with van der Waals surface area (Å²) < 4.78 is 0. The molecule has 1 heterocycles. The predicted octanol–water partition coefficient (Wildman–Crippen LogP) is 1.64. The van der Waals surface area contributed by atoms with Crippen LogP contribution in [0.3, 0.4) is 0 Å². The predicted molar refractivity (Wildman–Crippen MR) is 73.1 cm³/mol. The summed E-state index contributed by atoms with van der Waals surface area (Å²) in [6, 6.07) is 2.18. The molecular weight excluding hydrogens is 226 g/mol. The first kappa shape index (κ1) is 14.6. The van der Waals surface area contributed by atoms with Crippen molar-refractivity contribution in [2.75, 3.05) is 6.54 Å². The number of pyridine rings is 1. The Kier molecular flexibility index (Phi) is 5.78. The maximum atomic E-state index is 11.6. The summed E-state index contributed by atoms with van der Waals surface area (Å²) in [5.41, 5.74) is 2.32. The molecule has 4 heteroatoms. The Morgan fingerprint density at radius 1 is 1.39 bits per heavy atom. The van der Waals surface area contributed by atoms with Gasteiger partial charge in [-0.05, 0) is 37.0 Å². The highest BCUT2D eigenvalue weighted by Gasteiger charge is 2.10. The lowest BCUT2D eigenvalue weighted by Crippen LogP contribution is -2.41. The maximum absolute atomic E-state index is 11.6. The Balaban J connectivity index is 2.30. The van der Waals surface area contributed by atoms with Gasteiger partial charge in [-0.1, -0.05) is 13.8 Å². The largest absolute Gasteiger partial charge is 0.352 e. The first-order valence-corrected chi connectivity index (χ1v) is 6.40. The van der Waals surface area contributed by atoms with Crippen LogP contribution in [-0.2, 0) is 11.3 Å². The van der Waals surface area contributed by atoms with Crippen molar-refractivity contribution in [2.45, 2.75) is 40.3 Å². The first-order valence-electron chi connectivity index (χ1n) is 6.40. The Bertz CT molecular complexity index is 390. The molecule has 0 radical (unpaired) electrons. The molecule has 0 aliphatic carbocycles. The third-order valence-corrected chi connectivity index (χ3v) is 3.14. The van der Waals surface area contributed by atoms with E-state index < -0.39 is 0 Å². The maximum Gasteiger partial charge on any atom is 0.234 e. The van der Waals surface area contributed by atoms with E-state index in [9.17, 15) is 4.79 Å². The molecule has 0 aliphatic rings. The van der Waals surface area contributed by atoms with Crippen LogP contribution in [0, 0.1) is 12.8 Å². The first-order chi connectivity index (χ1) is 8.50. The van der Waals surface area contributed by atoms with Crippen molar-refractivity contribution >= 4 is 5.91 Å². The Morgan fingerprint density at radius 3 is 2.72 bits per heavy atom. The smallest absolute Gasteiger partial charge is 0.234 e. The number of hydrogen-bond donors (Lipinski definition) is 2. The normalized spacial score (nSPS) is 12.5. The fourth-order valence-corrected chi connectivity index (χ4v) is 1.46. The molecule has 18 heavy (non-hydrogen) atoms. The summed E-state index contributed by atoms with van der Waals surface area (Å²) >= 11 is 0. The van der Waals surface area contributed by atoms with Crippen molar-refractivity contribution in [3.05, 3.63) is 29.6 Å². The van der Waals surface area contributed by atoms with Crippen molar-refractivity contribution in [1.82, 2.24) is 15.6 Å². The molecule has 0 aromatic carbocycles. The van der Waals surface area contributed by atoms with Crippen LogP contribution in [0.5, 0.6) is 0 Å². The lowest BCUT2D eigenvalue weighted by Gasteiger charge is -2.17. The summed E-state index contributed by atoms with van der Waals surface area (Å²) in [6.07, 6.45) is 3.60. The van der Waals surface area contributed by atoms with E-state index in [2.05, 4.69) is 29.5 Å². The molecule has 0 bridgehead atoms. The topological polar surface area (TPSA) is 54.0 Å². The van der Waals surface area contributed by atoms with Crippen LogP contribution in [0.2, 0.25) is 0 Å². The lowest BCUT2D eigenvalue weighted by atomic mass is 10.1. The van der Waals surface area contributed by atoms with Crippen LogP contribution in [0.25, 0.3) is 0 Å². The van der Waals surface area contributed by atoms with E-state index in [0.29, 0.717) is 19.0 Å². The van der Waals surface area contributed by atoms with Crippen LogP contribution >= 0.6 is 0 Å². The van der Waals surface area contributed by atoms with Gasteiger partial charge in [-0.15, -0.1) is 0 Å². The minimum absolute atomic E-state index is 0.0396. The van der Waals surface area contributed by atoms with Gasteiger partial charge < -0.3 is 10.6 Å². The van der Waals surface area contributed by atoms with Crippen molar-refractivity contribution < 1.29 is 4.79 Å². The Labute approximate surface area is 109 Å². The van der Waals surface area contributed by atoms with Gasteiger partial charge >= 0.3 is 0 Å². The molecule has 2 N–H and O–H groups in total. The zero-order valence-electron chi connectivity index (χ0n) is 11.7. The molecule has 1 amide bonds. The number of amides is 1. The van der Waals surface area contributed by atoms with Crippen LogP contribution in [-0.4, -0.2) is 23.5 Å². The zero-order chi connectivity index (χ0) is 13.5. The summed E-state index contributed by atoms with van der Waals surface area (Å²) in [7, 11) is 0. The van der Waals surface area contributed by atoms with E-state index in [4.69, 9.17) is 0 Å². The highest BCUT2D eigenvalue weighted by molar-refractivity contribution is 5.78. The van der Waals surface area contributed by atoms with E-state index in [1.807, 2.05) is 26.1 Å². The van der Waals surface area contributed by atoms with Gasteiger partial charge in [0.05, 0.1) is 6.54 Å². The van der Waals surface area contributed by atoms with E-state index in [0.717, 1.165) is 5.56 Å². The third kappa shape index (κ3) is 4.84. The third-order valence-electron chi connectivity index (χ3n) is 3.14. The molecule has 1 atom stereocenters. The van der Waals surface area contributed by atoms with Crippen LogP contribution in [0.15, 0.2) is 18.5 Å². The molecule has 100 valence electrons. The number of rotatable bonds is 6. The average molecular weight is 249 g/mol. The van der Waals surface area contributed by atoms with Gasteiger partial charge in [0.1, 0.15) is 0 Å². The SMILES string of the molecule is Cc1ccncc1CNCC(=O)NC(C)C(C)C. The molecular formula is C14H23N3O. The molecule has 1 aromatic rings. The van der Waals surface area contributed by atoms with E-state index in [-0.39, 0.29) is 11.9 Å². The molecule has 4 nitrogen and oxygen atoms in total. The number of carbonyl (C=O) groups is 1. The fourth-order valence-electron chi connectivity index (χ4n) is 1.46. The van der Waals surface area contributed by atoms with Crippen molar-refractivity contribution in [3.8, 4) is 0 Å². The van der Waals surface area contributed by atoms with E-state index in [1.165, 1.54) is 5.56 Å². The quantitative estimate of drug-likeness (QED) is 0.806. The van der Waals surface area contributed by atoms with E-state index in [1.54, 1.807) is 6.20 Å². The van der Waals surface area contributed by atoms with Crippen molar-refractivity contribution in [2.24, 2.45) is 5.92 Å². The number of hydrogen-bond acceptors (Lipinski definition) is 3. The van der Waals surface area contributed by atoms with Crippen molar-refractivity contribution in [3.63, 3.8) is 0 Å². The number of nitrogens with one attached hydrogen (secondary N) is 2. The van der Waals surface area contributed by atoms with Crippen LogP contribution < -0.4 is 10.6 Å². The molecule has 0 spiro atoms. The number of carbonyl (C=O) groups excluding carboxylic acids is 1. The van der Waals surface area contributed by atoms with Crippen LogP contribution in [0.4, 0.5) is 0 Å². The lowest BCUT2D eigenvalue weighted by molar-refractivity contribution is -0.121. The minimum atomic E-state index is 0.0396. The molecule has 1 aromatic heterocycles. The molecule has 0 saturated heterocycles. The highest BCUT2D eigenvalue weighted by Crippen LogP contribution is 2.03. The van der Waals surface area contributed by atoms with Gasteiger partial charge in [-0.3, -0.25) is 9.78 Å². The minimum Gasteiger partial charge on any atom is -0.352 e. The van der Waals surface area contributed by atoms with Gasteiger partial charge in [0, 0.05) is 25.0 Å². The Hall–Kier alpha value is -1.42. The molecule has 0 aliphatic heterocycles. The monoisotopic (exact) mass is 249 g/mol. The number of nitrogens with zero attached hydrogens (tertiary/aromatic N) is 1. The summed E-state index contributed by atoms with van der Waals surface area (Å²) in [5.74, 6) is 0.493. The van der Waals surface area contributed by atoms with Gasteiger partial charge in [0.25, 0.3) is 0 Å². The average Bonchev–Trinajstić information content (AvgIpc) is 2.31. The Morgan fingerprint density at radius 2 is 2.11 bits per heavy atom. The highest BCUT2D eigenvalue weighted by atomic mass is 16.1. The van der Waals surface area contributed by atoms with Crippen LogP contribution in [0.1, 0.15) is 31.9 Å². The second kappa shape index (κ2) is 7.11. The molecule has 0 saturated carbocycles. The summed E-state index contributed by atoms with van der Waals surface area (Å²) in [4.78, 5) is 15.7. The zero-order valence-corrected chi connectivity index (χ0v) is 11.7. The molecule has 1 unspecified atom stereocenters. The number of aromatic nitrogens is 1. The summed E-state index contributed by atoms with van der Waals surface area (Å²) in [5, 5.41) is 6.10. The van der Waals surface area contributed by atoms with Gasteiger partial charge in [-0.2, -0.15) is 0 Å².